The van der Waals surface area contributed by atoms with Crippen LogP contribution in [-0.2, 0) is 7.05 Å². The molecule has 3 nitrogen and oxygen atoms in total. The maximum absolute atomic E-state index is 12.4. The Bertz CT molecular complexity index is 780. The number of aryl methyl sites for hydroxylation is 1. The van der Waals surface area contributed by atoms with E-state index in [1.807, 2.05) is 73.1 Å². The smallest absolute Gasteiger partial charge is 0.175 e. The van der Waals surface area contributed by atoms with Crippen LogP contribution in [0, 0.1) is 0 Å². The predicted octanol–water partition coefficient (Wildman–Crippen LogP) is 3.94. The van der Waals surface area contributed by atoms with Gasteiger partial charge < -0.3 is 4.57 Å². The number of aromatic nitrogens is 2. The zero-order chi connectivity index (χ0) is 14.8. The van der Waals surface area contributed by atoms with Crippen LogP contribution < -0.4 is 0 Å². The number of ketones is 1. The molecule has 1 aromatic heterocycles. The van der Waals surface area contributed by atoms with Crippen molar-refractivity contribution >= 4 is 28.6 Å². The lowest BCUT2D eigenvalue weighted by Gasteiger charge is -2.10. The number of thioether (sulfide) groups is 1. The Labute approximate surface area is 128 Å². The third kappa shape index (κ3) is 2.72. The number of hydrogen-bond acceptors (Lipinski definition) is 3. The van der Waals surface area contributed by atoms with E-state index in [9.17, 15) is 4.79 Å². The minimum Gasteiger partial charge on any atom is -0.322 e. The number of nitrogens with zero attached hydrogens (tertiary/aromatic N) is 2. The van der Waals surface area contributed by atoms with Gasteiger partial charge in [0, 0.05) is 12.6 Å². The maximum atomic E-state index is 12.4. The van der Waals surface area contributed by atoms with Gasteiger partial charge >= 0.3 is 0 Å². The summed E-state index contributed by atoms with van der Waals surface area (Å²) in [4.78, 5) is 17.0. The summed E-state index contributed by atoms with van der Waals surface area (Å²) in [6.07, 6.45) is 0. The van der Waals surface area contributed by atoms with Gasteiger partial charge in [0.1, 0.15) is 0 Å². The number of benzene rings is 2. The summed E-state index contributed by atoms with van der Waals surface area (Å²) in [5.41, 5.74) is 2.79. The van der Waals surface area contributed by atoms with Crippen LogP contribution in [0.5, 0.6) is 0 Å². The van der Waals surface area contributed by atoms with Gasteiger partial charge in [-0.3, -0.25) is 4.79 Å². The predicted molar refractivity (Wildman–Crippen MR) is 86.8 cm³/mol. The zero-order valence-electron chi connectivity index (χ0n) is 12.0. The van der Waals surface area contributed by atoms with Crippen molar-refractivity contribution in [1.82, 2.24) is 9.55 Å². The van der Waals surface area contributed by atoms with E-state index >= 15 is 0 Å². The molecule has 0 aliphatic carbocycles. The summed E-state index contributed by atoms with van der Waals surface area (Å²) < 4.78 is 2.04. The molecule has 0 N–H and O–H groups in total. The van der Waals surface area contributed by atoms with Crippen LogP contribution in [0.4, 0.5) is 0 Å². The molecule has 0 saturated carbocycles. The quantitative estimate of drug-likeness (QED) is 0.540. The minimum atomic E-state index is -0.164. The van der Waals surface area contributed by atoms with Crippen molar-refractivity contribution in [3.05, 3.63) is 60.2 Å². The van der Waals surface area contributed by atoms with E-state index in [0.29, 0.717) is 0 Å². The summed E-state index contributed by atoms with van der Waals surface area (Å²) in [6.45, 7) is 1.93. The van der Waals surface area contributed by atoms with Gasteiger partial charge in [-0.2, -0.15) is 0 Å². The second-order valence-corrected chi connectivity index (χ2v) is 6.24. The fourth-order valence-electron chi connectivity index (χ4n) is 2.28. The summed E-state index contributed by atoms with van der Waals surface area (Å²) in [6, 6.07) is 17.4. The minimum absolute atomic E-state index is 0.132. The van der Waals surface area contributed by atoms with Gasteiger partial charge in [0.15, 0.2) is 10.9 Å². The molecular weight excluding hydrogens is 280 g/mol. The first-order valence-corrected chi connectivity index (χ1v) is 7.72. The molecule has 0 radical (unpaired) electrons. The lowest BCUT2D eigenvalue weighted by molar-refractivity contribution is 0.0994. The number of carbonyl (C=O) groups excluding carboxylic acids is 1. The number of hydrogen-bond donors (Lipinski definition) is 0. The number of para-hydroxylation sites is 2. The monoisotopic (exact) mass is 296 g/mol. The van der Waals surface area contributed by atoms with Crippen molar-refractivity contribution in [2.45, 2.75) is 17.3 Å². The molecule has 0 saturated heterocycles. The molecule has 0 amide bonds. The van der Waals surface area contributed by atoms with Crippen LogP contribution >= 0.6 is 11.8 Å². The van der Waals surface area contributed by atoms with E-state index in [0.717, 1.165) is 21.8 Å². The standard InChI is InChI=1S/C17H16N2OS/c1-12(16(20)13-8-4-3-5-9-13)21-17-18-14-10-6-7-11-15(14)19(17)2/h3-12H,1-2H3/t12-/m1/s1. The topological polar surface area (TPSA) is 34.9 Å². The fraction of sp³-hybridized carbons (Fsp3) is 0.176. The lowest BCUT2D eigenvalue weighted by atomic mass is 10.1. The van der Waals surface area contributed by atoms with E-state index in [1.165, 1.54) is 11.8 Å². The Morgan fingerprint density at radius 3 is 2.48 bits per heavy atom. The highest BCUT2D eigenvalue weighted by Gasteiger charge is 2.19. The van der Waals surface area contributed by atoms with Crippen LogP contribution in [0.15, 0.2) is 59.8 Å². The zero-order valence-corrected chi connectivity index (χ0v) is 12.8. The van der Waals surface area contributed by atoms with Gasteiger partial charge in [-0.05, 0) is 19.1 Å². The molecular formula is C17H16N2OS. The Balaban J connectivity index is 1.85. The van der Waals surface area contributed by atoms with Gasteiger partial charge in [-0.15, -0.1) is 0 Å². The lowest BCUT2D eigenvalue weighted by Crippen LogP contribution is -2.14. The van der Waals surface area contributed by atoms with Crippen molar-refractivity contribution in [2.24, 2.45) is 7.05 Å². The Kier molecular flexibility index (Phi) is 3.80. The average molecular weight is 296 g/mol. The van der Waals surface area contributed by atoms with Crippen molar-refractivity contribution in [2.75, 3.05) is 0 Å². The molecule has 21 heavy (non-hydrogen) atoms. The Morgan fingerprint density at radius 2 is 1.76 bits per heavy atom. The van der Waals surface area contributed by atoms with Gasteiger partial charge in [0.25, 0.3) is 0 Å². The largest absolute Gasteiger partial charge is 0.322 e. The van der Waals surface area contributed by atoms with Gasteiger partial charge in [0.2, 0.25) is 0 Å². The Hall–Kier alpha value is -2.07. The molecule has 0 unspecified atom stereocenters. The van der Waals surface area contributed by atoms with E-state index in [4.69, 9.17) is 0 Å². The molecule has 0 aliphatic heterocycles. The molecule has 1 heterocycles. The van der Waals surface area contributed by atoms with Gasteiger partial charge in [0.05, 0.1) is 16.3 Å². The highest BCUT2D eigenvalue weighted by molar-refractivity contribution is 8.00. The fourth-order valence-corrected chi connectivity index (χ4v) is 3.24. The number of fused-ring (bicyclic) bond motifs is 1. The summed E-state index contributed by atoms with van der Waals surface area (Å²) in [7, 11) is 1.98. The number of imidazole rings is 1. The van der Waals surface area contributed by atoms with Crippen molar-refractivity contribution in [3.8, 4) is 0 Å². The van der Waals surface area contributed by atoms with Gasteiger partial charge in [-0.1, -0.05) is 54.2 Å². The molecule has 4 heteroatoms. The third-order valence-electron chi connectivity index (χ3n) is 3.46. The molecule has 0 fully saturated rings. The summed E-state index contributed by atoms with van der Waals surface area (Å²) >= 11 is 1.50. The normalized spacial score (nSPS) is 12.5. The molecule has 3 aromatic rings. The summed E-state index contributed by atoms with van der Waals surface area (Å²) in [5, 5.41) is 0.705. The van der Waals surface area contributed by atoms with E-state index in [2.05, 4.69) is 4.98 Å². The van der Waals surface area contributed by atoms with E-state index in [1.54, 1.807) is 0 Å². The van der Waals surface area contributed by atoms with E-state index in [-0.39, 0.29) is 11.0 Å². The van der Waals surface area contributed by atoms with Crippen LogP contribution in [0.2, 0.25) is 0 Å². The Morgan fingerprint density at radius 1 is 1.10 bits per heavy atom. The van der Waals surface area contributed by atoms with E-state index < -0.39 is 0 Å². The summed E-state index contributed by atoms with van der Waals surface area (Å²) in [5.74, 6) is 0.132. The molecule has 106 valence electrons. The number of Topliss-reactive ketones (excluding diaryl/α,β-unsaturated/α-hetero) is 1. The molecule has 1 atom stereocenters. The molecule has 0 bridgehead atoms. The molecule has 3 rings (SSSR count). The van der Waals surface area contributed by atoms with Crippen molar-refractivity contribution in [3.63, 3.8) is 0 Å². The molecule has 2 aromatic carbocycles. The average Bonchev–Trinajstić information content (AvgIpc) is 2.84. The van der Waals surface area contributed by atoms with Crippen LogP contribution in [0.3, 0.4) is 0 Å². The van der Waals surface area contributed by atoms with Crippen molar-refractivity contribution in [1.29, 1.82) is 0 Å². The van der Waals surface area contributed by atoms with Crippen LogP contribution in [0.25, 0.3) is 11.0 Å². The first-order valence-electron chi connectivity index (χ1n) is 6.84. The van der Waals surface area contributed by atoms with Crippen molar-refractivity contribution < 1.29 is 4.79 Å². The van der Waals surface area contributed by atoms with Crippen LogP contribution in [-0.4, -0.2) is 20.6 Å². The first-order chi connectivity index (χ1) is 10.2. The highest BCUT2D eigenvalue weighted by atomic mass is 32.2. The second-order valence-electron chi connectivity index (χ2n) is 4.93. The van der Waals surface area contributed by atoms with Crippen LogP contribution in [0.1, 0.15) is 17.3 Å². The third-order valence-corrected chi connectivity index (χ3v) is 4.60. The number of carbonyl (C=O) groups is 1. The molecule has 0 spiro atoms. The van der Waals surface area contributed by atoms with Gasteiger partial charge in [-0.25, -0.2) is 4.98 Å². The highest BCUT2D eigenvalue weighted by Crippen LogP contribution is 2.27. The second kappa shape index (κ2) is 5.74. The molecule has 0 aliphatic rings. The maximum Gasteiger partial charge on any atom is 0.175 e. The number of rotatable bonds is 4. The first kappa shape index (κ1) is 13.9. The SMILES string of the molecule is C[C@@H](Sc1nc2ccccc2n1C)C(=O)c1ccccc1.